The van der Waals surface area contributed by atoms with Crippen molar-refractivity contribution in [3.8, 4) is 0 Å². The molecule has 2 heterocycles. The van der Waals surface area contributed by atoms with Gasteiger partial charge in [0.05, 0.1) is 36.6 Å². The van der Waals surface area contributed by atoms with E-state index >= 15 is 0 Å². The normalized spacial score (nSPS) is 25.1. The molecule has 96 valence electrons. The van der Waals surface area contributed by atoms with Crippen LogP contribution in [0.1, 0.15) is 17.5 Å². The van der Waals surface area contributed by atoms with Crippen molar-refractivity contribution >= 4 is 11.3 Å². The zero-order chi connectivity index (χ0) is 12.1. The highest BCUT2D eigenvalue weighted by molar-refractivity contribution is 7.09. The Balaban J connectivity index is 1.61. The van der Waals surface area contributed by atoms with Crippen LogP contribution in [0.2, 0.25) is 0 Å². The number of thiazole rings is 1. The quantitative estimate of drug-likeness (QED) is 0.809. The Morgan fingerprint density at radius 3 is 3.18 bits per heavy atom. The molecule has 0 spiro atoms. The lowest BCUT2D eigenvalue weighted by Crippen LogP contribution is -2.45. The van der Waals surface area contributed by atoms with Gasteiger partial charge in [-0.2, -0.15) is 0 Å². The summed E-state index contributed by atoms with van der Waals surface area (Å²) in [4.78, 5) is 5.54. The molecule has 1 aromatic heterocycles. The van der Waals surface area contributed by atoms with Crippen LogP contribution in [0.15, 0.2) is 5.51 Å². The van der Waals surface area contributed by atoms with Crippen molar-refractivity contribution in [2.24, 2.45) is 0 Å². The van der Waals surface area contributed by atoms with Gasteiger partial charge in [-0.05, 0) is 13.8 Å². The van der Waals surface area contributed by atoms with Gasteiger partial charge in [-0.1, -0.05) is 0 Å². The van der Waals surface area contributed by atoms with Gasteiger partial charge in [0.2, 0.25) is 0 Å². The number of hydrogen-bond acceptors (Lipinski definition) is 5. The smallest absolute Gasteiger partial charge is 0.0936 e. The summed E-state index contributed by atoms with van der Waals surface area (Å²) in [6, 6.07) is 0. The van der Waals surface area contributed by atoms with E-state index in [1.54, 1.807) is 11.3 Å². The molecule has 0 aromatic carbocycles. The number of ether oxygens (including phenoxy) is 2. The summed E-state index contributed by atoms with van der Waals surface area (Å²) >= 11 is 1.70. The van der Waals surface area contributed by atoms with Crippen molar-refractivity contribution in [2.45, 2.75) is 32.5 Å². The summed E-state index contributed by atoms with van der Waals surface area (Å²) in [6.07, 6.45) is 1.44. The molecule has 1 aliphatic rings. The molecule has 0 radical (unpaired) electrons. The molecular formula is C12H20N2O2S. The standard InChI is InChI=1S/C12H20N2O2S/c1-9-5-13-6-11(16-9)7-15-4-3-12-10(2)14-8-17-12/h8-9,11,13H,3-7H2,1-2H3. The molecule has 2 atom stereocenters. The Morgan fingerprint density at radius 2 is 2.47 bits per heavy atom. The highest BCUT2D eigenvalue weighted by Crippen LogP contribution is 2.12. The molecule has 1 aliphatic heterocycles. The summed E-state index contributed by atoms with van der Waals surface area (Å²) in [5.74, 6) is 0. The van der Waals surface area contributed by atoms with Crippen LogP contribution in [-0.4, -0.2) is 43.5 Å². The minimum absolute atomic E-state index is 0.196. The molecule has 0 amide bonds. The van der Waals surface area contributed by atoms with Gasteiger partial charge in [-0.25, -0.2) is 4.98 Å². The third-order valence-electron chi connectivity index (χ3n) is 2.85. The minimum atomic E-state index is 0.196. The van der Waals surface area contributed by atoms with E-state index in [1.165, 1.54) is 4.88 Å². The highest BCUT2D eigenvalue weighted by Gasteiger charge is 2.18. The summed E-state index contributed by atoms with van der Waals surface area (Å²) in [6.45, 7) is 7.38. The molecule has 2 unspecified atom stereocenters. The van der Waals surface area contributed by atoms with Crippen molar-refractivity contribution in [2.75, 3.05) is 26.3 Å². The molecule has 1 fully saturated rings. The van der Waals surface area contributed by atoms with E-state index in [9.17, 15) is 0 Å². The number of nitrogens with one attached hydrogen (secondary N) is 1. The van der Waals surface area contributed by atoms with Gasteiger partial charge < -0.3 is 14.8 Å². The molecular weight excluding hydrogens is 236 g/mol. The number of hydrogen-bond donors (Lipinski definition) is 1. The Hall–Kier alpha value is -0.490. The number of nitrogens with zero attached hydrogens (tertiary/aromatic N) is 1. The van der Waals surface area contributed by atoms with E-state index in [4.69, 9.17) is 9.47 Å². The second-order valence-corrected chi connectivity index (χ2v) is 5.35. The predicted molar refractivity (Wildman–Crippen MR) is 68.6 cm³/mol. The van der Waals surface area contributed by atoms with E-state index in [0.29, 0.717) is 12.7 Å². The molecule has 0 saturated carbocycles. The Bertz CT molecular complexity index is 343. The van der Waals surface area contributed by atoms with Gasteiger partial charge in [0, 0.05) is 24.4 Å². The molecule has 1 saturated heterocycles. The number of aromatic nitrogens is 1. The molecule has 5 heteroatoms. The third kappa shape index (κ3) is 4.03. The number of morpholine rings is 1. The van der Waals surface area contributed by atoms with Crippen LogP contribution in [0.25, 0.3) is 0 Å². The van der Waals surface area contributed by atoms with E-state index in [2.05, 4.69) is 17.2 Å². The molecule has 4 nitrogen and oxygen atoms in total. The zero-order valence-electron chi connectivity index (χ0n) is 10.4. The van der Waals surface area contributed by atoms with Gasteiger partial charge in [-0.3, -0.25) is 0 Å². The van der Waals surface area contributed by atoms with Crippen molar-refractivity contribution in [1.29, 1.82) is 0 Å². The first-order valence-electron chi connectivity index (χ1n) is 6.08. The number of aryl methyl sites for hydroxylation is 1. The minimum Gasteiger partial charge on any atom is -0.378 e. The summed E-state index contributed by atoms with van der Waals surface area (Å²) < 4.78 is 11.4. The fraction of sp³-hybridized carbons (Fsp3) is 0.750. The van der Waals surface area contributed by atoms with Crippen molar-refractivity contribution in [3.05, 3.63) is 16.1 Å². The van der Waals surface area contributed by atoms with E-state index in [0.717, 1.165) is 31.8 Å². The Morgan fingerprint density at radius 1 is 1.59 bits per heavy atom. The molecule has 1 N–H and O–H groups in total. The molecule has 0 bridgehead atoms. The molecule has 1 aromatic rings. The third-order valence-corrected chi connectivity index (χ3v) is 3.85. The van der Waals surface area contributed by atoms with Crippen LogP contribution in [0.3, 0.4) is 0 Å². The number of rotatable bonds is 5. The van der Waals surface area contributed by atoms with Crippen LogP contribution in [0.4, 0.5) is 0 Å². The van der Waals surface area contributed by atoms with E-state index in [-0.39, 0.29) is 6.10 Å². The average Bonchev–Trinajstić information content (AvgIpc) is 2.71. The fourth-order valence-corrected chi connectivity index (χ4v) is 2.68. The maximum Gasteiger partial charge on any atom is 0.0936 e. The van der Waals surface area contributed by atoms with Gasteiger partial charge in [0.15, 0.2) is 0 Å². The lowest BCUT2D eigenvalue weighted by molar-refractivity contribution is -0.0680. The first-order valence-corrected chi connectivity index (χ1v) is 6.96. The van der Waals surface area contributed by atoms with Crippen LogP contribution >= 0.6 is 11.3 Å². The lowest BCUT2D eigenvalue weighted by atomic mass is 10.2. The Labute approximate surface area is 106 Å². The highest BCUT2D eigenvalue weighted by atomic mass is 32.1. The summed E-state index contributed by atoms with van der Waals surface area (Å²) in [5.41, 5.74) is 3.02. The SMILES string of the molecule is Cc1ncsc1CCOCC1CNCC(C)O1. The summed E-state index contributed by atoms with van der Waals surface area (Å²) in [5, 5.41) is 3.34. The molecule has 2 rings (SSSR count). The van der Waals surface area contributed by atoms with Crippen molar-refractivity contribution < 1.29 is 9.47 Å². The van der Waals surface area contributed by atoms with Crippen molar-refractivity contribution in [3.63, 3.8) is 0 Å². The molecule has 0 aliphatic carbocycles. The lowest BCUT2D eigenvalue weighted by Gasteiger charge is -2.28. The van der Waals surface area contributed by atoms with Crippen LogP contribution < -0.4 is 5.32 Å². The topological polar surface area (TPSA) is 43.4 Å². The van der Waals surface area contributed by atoms with Crippen LogP contribution in [-0.2, 0) is 15.9 Å². The predicted octanol–water partition coefficient (Wildman–Crippen LogP) is 1.39. The van der Waals surface area contributed by atoms with Crippen LogP contribution in [0, 0.1) is 6.92 Å². The van der Waals surface area contributed by atoms with Gasteiger partial charge in [0.1, 0.15) is 0 Å². The second-order valence-electron chi connectivity index (χ2n) is 4.41. The largest absolute Gasteiger partial charge is 0.378 e. The first kappa shape index (κ1) is 13.0. The zero-order valence-corrected chi connectivity index (χ0v) is 11.3. The van der Waals surface area contributed by atoms with E-state index in [1.807, 2.05) is 12.4 Å². The average molecular weight is 256 g/mol. The van der Waals surface area contributed by atoms with Crippen molar-refractivity contribution in [1.82, 2.24) is 10.3 Å². The molecule has 17 heavy (non-hydrogen) atoms. The Kier molecular flexibility index (Phi) is 4.91. The van der Waals surface area contributed by atoms with E-state index < -0.39 is 0 Å². The fourth-order valence-electron chi connectivity index (χ4n) is 1.92. The van der Waals surface area contributed by atoms with Gasteiger partial charge >= 0.3 is 0 Å². The summed E-state index contributed by atoms with van der Waals surface area (Å²) in [7, 11) is 0. The maximum atomic E-state index is 5.75. The van der Waals surface area contributed by atoms with Gasteiger partial charge in [0.25, 0.3) is 0 Å². The second kappa shape index (κ2) is 6.44. The van der Waals surface area contributed by atoms with Crippen LogP contribution in [0.5, 0.6) is 0 Å². The first-order chi connectivity index (χ1) is 8.25. The monoisotopic (exact) mass is 256 g/mol. The maximum absolute atomic E-state index is 5.75. The van der Waals surface area contributed by atoms with Gasteiger partial charge in [-0.15, -0.1) is 11.3 Å².